The summed E-state index contributed by atoms with van der Waals surface area (Å²) in [4.78, 5) is 13.9. The molecule has 1 aromatic carbocycles. The maximum atomic E-state index is 11.7. The molecule has 0 radical (unpaired) electrons. The van der Waals surface area contributed by atoms with Gasteiger partial charge in [0.2, 0.25) is 0 Å². The van der Waals surface area contributed by atoms with Gasteiger partial charge in [-0.05, 0) is 37.8 Å². The molecule has 1 aliphatic heterocycles. The van der Waals surface area contributed by atoms with E-state index in [2.05, 4.69) is 23.1 Å². The molecule has 1 heterocycles. The van der Waals surface area contributed by atoms with E-state index in [1.54, 1.807) is 6.92 Å². The monoisotopic (exact) mass is 262 g/mol. The zero-order valence-corrected chi connectivity index (χ0v) is 11.7. The molecule has 1 unspecified atom stereocenters. The summed E-state index contributed by atoms with van der Waals surface area (Å²) < 4.78 is 4.79. The summed E-state index contributed by atoms with van der Waals surface area (Å²) >= 11 is 0. The lowest BCUT2D eigenvalue weighted by Gasteiger charge is -2.32. The first-order chi connectivity index (χ1) is 9.04. The van der Waals surface area contributed by atoms with Crippen LogP contribution >= 0.6 is 0 Å². The molecule has 19 heavy (non-hydrogen) atoms. The van der Waals surface area contributed by atoms with Gasteiger partial charge in [-0.15, -0.1) is 0 Å². The Kier molecular flexibility index (Phi) is 4.10. The molecule has 104 valence electrons. The summed E-state index contributed by atoms with van der Waals surface area (Å²) in [5.41, 5.74) is 7.64. The highest BCUT2D eigenvalue weighted by atomic mass is 16.5. The number of benzene rings is 1. The minimum absolute atomic E-state index is 0.366. The maximum absolute atomic E-state index is 11.7. The highest BCUT2D eigenvalue weighted by Crippen LogP contribution is 2.27. The number of carbonyl (C=O) groups excluding carboxylic acids is 1. The van der Waals surface area contributed by atoms with Crippen LogP contribution in [-0.2, 0) is 16.0 Å². The summed E-state index contributed by atoms with van der Waals surface area (Å²) in [5, 5.41) is 0. The van der Waals surface area contributed by atoms with Crippen molar-refractivity contribution in [2.24, 2.45) is 5.73 Å². The number of fused-ring (bicyclic) bond motifs is 1. The molecular formula is C15H22N2O2. The van der Waals surface area contributed by atoms with E-state index in [9.17, 15) is 4.79 Å². The lowest BCUT2D eigenvalue weighted by molar-refractivity contribution is -0.146. The fourth-order valence-electron chi connectivity index (χ4n) is 2.63. The van der Waals surface area contributed by atoms with E-state index in [0.29, 0.717) is 6.54 Å². The van der Waals surface area contributed by atoms with Crippen LogP contribution in [0.1, 0.15) is 25.3 Å². The average molecular weight is 262 g/mol. The van der Waals surface area contributed by atoms with E-state index in [1.165, 1.54) is 24.8 Å². The zero-order valence-electron chi connectivity index (χ0n) is 11.7. The lowest BCUT2D eigenvalue weighted by atomic mass is 10.0. The normalized spacial score (nSPS) is 18.2. The number of aryl methyl sites for hydroxylation is 1. The topological polar surface area (TPSA) is 55.6 Å². The van der Waals surface area contributed by atoms with Gasteiger partial charge in [0.25, 0.3) is 0 Å². The first kappa shape index (κ1) is 13.9. The number of nitrogens with zero attached hydrogens (tertiary/aromatic N) is 1. The maximum Gasteiger partial charge on any atom is 0.327 e. The van der Waals surface area contributed by atoms with E-state index in [0.717, 1.165) is 19.4 Å². The van der Waals surface area contributed by atoms with Gasteiger partial charge in [0.1, 0.15) is 5.54 Å². The van der Waals surface area contributed by atoms with Crippen molar-refractivity contribution < 1.29 is 9.53 Å². The number of anilines is 1. The van der Waals surface area contributed by atoms with Crippen LogP contribution in [-0.4, -0.2) is 31.7 Å². The molecule has 2 rings (SSSR count). The van der Waals surface area contributed by atoms with Crippen molar-refractivity contribution in [1.82, 2.24) is 0 Å². The van der Waals surface area contributed by atoms with Crippen molar-refractivity contribution in [3.8, 4) is 0 Å². The fourth-order valence-corrected chi connectivity index (χ4v) is 2.63. The minimum Gasteiger partial charge on any atom is -0.468 e. The Labute approximate surface area is 114 Å². The van der Waals surface area contributed by atoms with Crippen molar-refractivity contribution in [3.63, 3.8) is 0 Å². The minimum atomic E-state index is -0.980. The number of hydrogen-bond donors (Lipinski definition) is 1. The van der Waals surface area contributed by atoms with E-state index in [4.69, 9.17) is 10.5 Å². The van der Waals surface area contributed by atoms with E-state index >= 15 is 0 Å². The molecule has 4 nitrogen and oxygen atoms in total. The van der Waals surface area contributed by atoms with Crippen LogP contribution in [0.15, 0.2) is 24.3 Å². The predicted octanol–water partition coefficient (Wildman–Crippen LogP) is 1.72. The molecule has 0 aromatic heterocycles. The Morgan fingerprint density at radius 3 is 2.89 bits per heavy atom. The third-order valence-corrected chi connectivity index (χ3v) is 3.63. The molecular weight excluding hydrogens is 240 g/mol. The third-order valence-electron chi connectivity index (χ3n) is 3.63. The smallest absolute Gasteiger partial charge is 0.327 e. The van der Waals surface area contributed by atoms with E-state index < -0.39 is 5.54 Å². The summed E-state index contributed by atoms with van der Waals surface area (Å²) in [6, 6.07) is 8.35. The fraction of sp³-hybridized carbons (Fsp3) is 0.533. The summed E-state index contributed by atoms with van der Waals surface area (Å²) in [6.07, 6.45) is 3.38. The number of carbonyl (C=O) groups is 1. The quantitative estimate of drug-likeness (QED) is 0.843. The number of hydrogen-bond acceptors (Lipinski definition) is 4. The standard InChI is InChI=1S/C15H22N2O2/c1-15(16,14(18)19-2)11-17-10-6-5-8-12-7-3-4-9-13(12)17/h3-4,7,9H,5-6,8,10-11,16H2,1-2H3. The van der Waals surface area contributed by atoms with E-state index in [1.807, 2.05) is 6.07 Å². The van der Waals surface area contributed by atoms with Crippen molar-refractivity contribution in [2.45, 2.75) is 31.7 Å². The second-order valence-electron chi connectivity index (χ2n) is 5.42. The second-order valence-corrected chi connectivity index (χ2v) is 5.42. The SMILES string of the molecule is COC(=O)C(C)(N)CN1CCCCc2ccccc21. The average Bonchev–Trinajstić information content (AvgIpc) is 2.60. The number of nitrogens with two attached hydrogens (primary N) is 1. The molecule has 0 aliphatic carbocycles. The summed E-state index contributed by atoms with van der Waals surface area (Å²) in [7, 11) is 1.38. The second kappa shape index (κ2) is 5.61. The zero-order chi connectivity index (χ0) is 13.9. The Morgan fingerprint density at radius 2 is 2.16 bits per heavy atom. The van der Waals surface area contributed by atoms with Crippen LogP contribution in [0.4, 0.5) is 5.69 Å². The van der Waals surface area contributed by atoms with Gasteiger partial charge >= 0.3 is 5.97 Å². The lowest BCUT2D eigenvalue weighted by Crippen LogP contribution is -2.54. The van der Waals surface area contributed by atoms with Crippen molar-refractivity contribution >= 4 is 11.7 Å². The molecule has 4 heteroatoms. The third kappa shape index (κ3) is 3.07. The van der Waals surface area contributed by atoms with Crippen molar-refractivity contribution in [3.05, 3.63) is 29.8 Å². The van der Waals surface area contributed by atoms with Gasteiger partial charge < -0.3 is 15.4 Å². The van der Waals surface area contributed by atoms with Gasteiger partial charge in [0.15, 0.2) is 0 Å². The summed E-state index contributed by atoms with van der Waals surface area (Å²) in [5.74, 6) is -0.366. The van der Waals surface area contributed by atoms with Gasteiger partial charge in [-0.25, -0.2) is 0 Å². The van der Waals surface area contributed by atoms with Gasteiger partial charge in [-0.3, -0.25) is 4.79 Å². The number of ether oxygens (including phenoxy) is 1. The van der Waals surface area contributed by atoms with Crippen molar-refractivity contribution in [2.75, 3.05) is 25.1 Å². The van der Waals surface area contributed by atoms with E-state index in [-0.39, 0.29) is 5.97 Å². The highest BCUT2D eigenvalue weighted by molar-refractivity contribution is 5.81. The molecule has 0 amide bonds. The van der Waals surface area contributed by atoms with Crippen LogP contribution in [0.2, 0.25) is 0 Å². The molecule has 0 fully saturated rings. The van der Waals surface area contributed by atoms with Crippen LogP contribution in [0, 0.1) is 0 Å². The number of para-hydroxylation sites is 1. The van der Waals surface area contributed by atoms with Gasteiger partial charge in [0, 0.05) is 18.8 Å². The van der Waals surface area contributed by atoms with Gasteiger partial charge in [0.05, 0.1) is 7.11 Å². The first-order valence-electron chi connectivity index (χ1n) is 6.75. The summed E-state index contributed by atoms with van der Waals surface area (Å²) in [6.45, 7) is 3.14. The van der Waals surface area contributed by atoms with Crippen LogP contribution < -0.4 is 10.6 Å². The van der Waals surface area contributed by atoms with Crippen LogP contribution in [0.25, 0.3) is 0 Å². The molecule has 0 saturated carbocycles. The highest BCUT2D eigenvalue weighted by Gasteiger charge is 2.32. The predicted molar refractivity (Wildman–Crippen MR) is 76.2 cm³/mol. The van der Waals surface area contributed by atoms with Gasteiger partial charge in [-0.1, -0.05) is 18.2 Å². The Balaban J connectivity index is 2.23. The Bertz CT molecular complexity index is 457. The first-order valence-corrected chi connectivity index (χ1v) is 6.75. The Hall–Kier alpha value is -1.55. The number of esters is 1. The van der Waals surface area contributed by atoms with Gasteiger partial charge in [-0.2, -0.15) is 0 Å². The Morgan fingerprint density at radius 1 is 1.42 bits per heavy atom. The molecule has 0 saturated heterocycles. The largest absolute Gasteiger partial charge is 0.468 e. The number of methoxy groups -OCH3 is 1. The molecule has 0 spiro atoms. The molecule has 0 bridgehead atoms. The number of rotatable bonds is 3. The molecule has 1 atom stereocenters. The van der Waals surface area contributed by atoms with Crippen molar-refractivity contribution in [1.29, 1.82) is 0 Å². The van der Waals surface area contributed by atoms with Crippen LogP contribution in [0.5, 0.6) is 0 Å². The van der Waals surface area contributed by atoms with Crippen LogP contribution in [0.3, 0.4) is 0 Å². The molecule has 1 aliphatic rings. The molecule has 1 aromatic rings. The molecule has 2 N–H and O–H groups in total.